The van der Waals surface area contributed by atoms with Crippen molar-refractivity contribution in [2.75, 3.05) is 7.05 Å². The van der Waals surface area contributed by atoms with E-state index in [0.29, 0.717) is 5.56 Å². The maximum absolute atomic E-state index is 12.0. The molecule has 0 bridgehead atoms. The van der Waals surface area contributed by atoms with Gasteiger partial charge in [-0.3, -0.25) is 0 Å². The molecule has 1 saturated carbocycles. The molecule has 0 aliphatic heterocycles. The van der Waals surface area contributed by atoms with Crippen molar-refractivity contribution in [2.45, 2.75) is 24.6 Å². The number of carbonyl (C=O) groups is 1. The van der Waals surface area contributed by atoms with Gasteiger partial charge in [-0.25, -0.2) is 17.5 Å². The van der Waals surface area contributed by atoms with Crippen molar-refractivity contribution in [2.24, 2.45) is 0 Å². The van der Waals surface area contributed by atoms with Crippen LogP contribution >= 0.6 is 0 Å². The van der Waals surface area contributed by atoms with Crippen LogP contribution in [-0.4, -0.2) is 36.9 Å². The van der Waals surface area contributed by atoms with Crippen LogP contribution in [0, 0.1) is 0 Å². The van der Waals surface area contributed by atoms with Gasteiger partial charge >= 0.3 is 5.97 Å². The molecule has 1 aliphatic rings. The second-order valence-electron chi connectivity index (χ2n) is 4.51. The van der Waals surface area contributed by atoms with E-state index in [1.54, 1.807) is 19.2 Å². The van der Waals surface area contributed by atoms with E-state index in [1.807, 2.05) is 0 Å². The zero-order chi connectivity index (χ0) is 13.3. The molecule has 2 rings (SSSR count). The standard InChI is InChI=1S/C12H15NO4S/c1-13(11-6-7-11)18(16,17)8-9-2-4-10(5-3-9)12(14)15/h2-5,11H,6-8H2,1H3,(H,14,15). The van der Waals surface area contributed by atoms with E-state index in [1.165, 1.54) is 16.4 Å². The fourth-order valence-corrected chi connectivity index (χ4v) is 3.20. The summed E-state index contributed by atoms with van der Waals surface area (Å²) in [5.74, 6) is -1.10. The molecule has 0 unspecified atom stereocenters. The fourth-order valence-electron chi connectivity index (χ4n) is 1.72. The topological polar surface area (TPSA) is 74.7 Å². The van der Waals surface area contributed by atoms with Crippen molar-refractivity contribution in [3.8, 4) is 0 Å². The molecule has 0 saturated heterocycles. The van der Waals surface area contributed by atoms with Crippen LogP contribution in [0.4, 0.5) is 0 Å². The van der Waals surface area contributed by atoms with Gasteiger partial charge in [0, 0.05) is 13.1 Å². The van der Waals surface area contributed by atoms with Gasteiger partial charge < -0.3 is 5.11 Å². The first kappa shape index (κ1) is 13.0. The normalized spacial score (nSPS) is 15.9. The molecule has 0 atom stereocenters. The van der Waals surface area contributed by atoms with Crippen molar-refractivity contribution >= 4 is 16.0 Å². The van der Waals surface area contributed by atoms with Gasteiger partial charge in [0.1, 0.15) is 0 Å². The Morgan fingerprint density at radius 2 is 1.89 bits per heavy atom. The molecule has 98 valence electrons. The van der Waals surface area contributed by atoms with Crippen LogP contribution in [0.15, 0.2) is 24.3 Å². The molecule has 1 aliphatic carbocycles. The van der Waals surface area contributed by atoms with E-state index < -0.39 is 16.0 Å². The average Bonchev–Trinajstić information content (AvgIpc) is 3.12. The monoisotopic (exact) mass is 269 g/mol. The predicted octanol–water partition coefficient (Wildman–Crippen LogP) is 1.31. The number of carboxylic acids is 1. The van der Waals surface area contributed by atoms with Gasteiger partial charge in [-0.15, -0.1) is 0 Å². The molecule has 0 radical (unpaired) electrons. The molecule has 1 fully saturated rings. The Labute approximate surface area is 106 Å². The third-order valence-electron chi connectivity index (χ3n) is 3.05. The first-order valence-electron chi connectivity index (χ1n) is 5.68. The summed E-state index contributed by atoms with van der Waals surface area (Å²) in [6.45, 7) is 0. The minimum atomic E-state index is -3.30. The molecule has 6 heteroatoms. The number of aromatic carboxylic acids is 1. The molecular formula is C12H15NO4S. The summed E-state index contributed by atoms with van der Waals surface area (Å²) in [4.78, 5) is 10.7. The van der Waals surface area contributed by atoms with E-state index >= 15 is 0 Å². The Morgan fingerprint density at radius 3 is 2.33 bits per heavy atom. The number of carboxylic acid groups (broad SMARTS) is 1. The number of sulfonamides is 1. The first-order valence-corrected chi connectivity index (χ1v) is 7.29. The molecule has 18 heavy (non-hydrogen) atoms. The summed E-state index contributed by atoms with van der Waals surface area (Å²) in [6, 6.07) is 6.08. The molecule has 1 aromatic carbocycles. The lowest BCUT2D eigenvalue weighted by Crippen LogP contribution is -2.30. The highest BCUT2D eigenvalue weighted by Gasteiger charge is 2.33. The lowest BCUT2D eigenvalue weighted by atomic mass is 10.1. The second-order valence-corrected chi connectivity index (χ2v) is 6.53. The van der Waals surface area contributed by atoms with Gasteiger partial charge in [0.2, 0.25) is 10.0 Å². The van der Waals surface area contributed by atoms with Crippen molar-refractivity contribution in [3.63, 3.8) is 0 Å². The van der Waals surface area contributed by atoms with Crippen LogP contribution in [0.2, 0.25) is 0 Å². The number of benzene rings is 1. The average molecular weight is 269 g/mol. The van der Waals surface area contributed by atoms with E-state index in [0.717, 1.165) is 12.8 Å². The summed E-state index contributed by atoms with van der Waals surface area (Å²) in [7, 11) is -1.70. The van der Waals surface area contributed by atoms with E-state index in [-0.39, 0.29) is 17.4 Å². The highest BCUT2D eigenvalue weighted by molar-refractivity contribution is 7.88. The van der Waals surface area contributed by atoms with Crippen molar-refractivity contribution in [3.05, 3.63) is 35.4 Å². The lowest BCUT2D eigenvalue weighted by Gasteiger charge is -2.16. The minimum Gasteiger partial charge on any atom is -0.478 e. The molecular weight excluding hydrogens is 254 g/mol. The van der Waals surface area contributed by atoms with Crippen molar-refractivity contribution < 1.29 is 18.3 Å². The Bertz CT molecular complexity index is 546. The Hall–Kier alpha value is -1.40. The third kappa shape index (κ3) is 2.88. The Balaban J connectivity index is 2.11. The number of hydrogen-bond acceptors (Lipinski definition) is 3. The molecule has 0 aromatic heterocycles. The van der Waals surface area contributed by atoms with Gasteiger partial charge in [0.25, 0.3) is 0 Å². The first-order chi connectivity index (χ1) is 8.40. The lowest BCUT2D eigenvalue weighted by molar-refractivity contribution is 0.0697. The van der Waals surface area contributed by atoms with E-state index in [2.05, 4.69) is 0 Å². The van der Waals surface area contributed by atoms with Crippen molar-refractivity contribution in [1.82, 2.24) is 4.31 Å². The zero-order valence-corrected chi connectivity index (χ0v) is 10.9. The minimum absolute atomic E-state index is 0.0834. The summed E-state index contributed by atoms with van der Waals surface area (Å²) >= 11 is 0. The van der Waals surface area contributed by atoms with Crippen LogP contribution in [0.25, 0.3) is 0 Å². The van der Waals surface area contributed by atoms with E-state index in [4.69, 9.17) is 5.11 Å². The van der Waals surface area contributed by atoms with Gasteiger partial charge in [-0.2, -0.15) is 0 Å². The summed E-state index contributed by atoms with van der Waals surface area (Å²) < 4.78 is 25.4. The van der Waals surface area contributed by atoms with Gasteiger partial charge in [0.15, 0.2) is 0 Å². The number of hydrogen-bond donors (Lipinski definition) is 1. The van der Waals surface area contributed by atoms with E-state index in [9.17, 15) is 13.2 Å². The molecule has 1 N–H and O–H groups in total. The quantitative estimate of drug-likeness (QED) is 0.874. The van der Waals surface area contributed by atoms with Crippen LogP contribution in [0.5, 0.6) is 0 Å². The SMILES string of the molecule is CN(C1CC1)S(=O)(=O)Cc1ccc(C(=O)O)cc1. The fraction of sp³-hybridized carbons (Fsp3) is 0.417. The predicted molar refractivity (Wildman–Crippen MR) is 66.8 cm³/mol. The molecule has 0 heterocycles. The van der Waals surface area contributed by atoms with Gasteiger partial charge in [0.05, 0.1) is 11.3 Å². The van der Waals surface area contributed by atoms with Gasteiger partial charge in [-0.1, -0.05) is 12.1 Å². The van der Waals surface area contributed by atoms with Crippen LogP contribution in [0.1, 0.15) is 28.8 Å². The molecule has 0 amide bonds. The number of rotatable bonds is 5. The van der Waals surface area contributed by atoms with Crippen LogP contribution < -0.4 is 0 Å². The summed E-state index contributed by atoms with van der Waals surface area (Å²) in [5, 5.41) is 8.75. The molecule has 0 spiro atoms. The molecule has 5 nitrogen and oxygen atoms in total. The molecule has 1 aromatic rings. The maximum Gasteiger partial charge on any atom is 0.335 e. The largest absolute Gasteiger partial charge is 0.478 e. The summed E-state index contributed by atoms with van der Waals surface area (Å²) in [5.41, 5.74) is 0.763. The highest BCUT2D eigenvalue weighted by atomic mass is 32.2. The summed E-state index contributed by atoms with van der Waals surface area (Å²) in [6.07, 6.45) is 1.85. The Kier molecular flexibility index (Phi) is 3.41. The highest BCUT2D eigenvalue weighted by Crippen LogP contribution is 2.28. The van der Waals surface area contributed by atoms with Crippen molar-refractivity contribution in [1.29, 1.82) is 0 Å². The Morgan fingerprint density at radius 1 is 1.33 bits per heavy atom. The number of nitrogens with zero attached hydrogens (tertiary/aromatic N) is 1. The van der Waals surface area contributed by atoms with Gasteiger partial charge in [-0.05, 0) is 30.5 Å². The zero-order valence-electron chi connectivity index (χ0n) is 10.0. The third-order valence-corrected chi connectivity index (χ3v) is 4.92. The van der Waals surface area contributed by atoms with Crippen LogP contribution in [0.3, 0.4) is 0 Å². The smallest absolute Gasteiger partial charge is 0.335 e. The second kappa shape index (κ2) is 4.70. The van der Waals surface area contributed by atoms with Crippen LogP contribution in [-0.2, 0) is 15.8 Å². The maximum atomic E-state index is 12.0.